The maximum absolute atomic E-state index is 6.58. The van der Waals surface area contributed by atoms with Gasteiger partial charge in [-0.05, 0) is 63.0 Å². The lowest BCUT2D eigenvalue weighted by atomic mass is 10.1. The molecule has 0 unspecified atom stereocenters. The van der Waals surface area contributed by atoms with Crippen molar-refractivity contribution in [3.63, 3.8) is 0 Å². The van der Waals surface area contributed by atoms with Crippen LogP contribution in [0.15, 0.2) is 36.4 Å². The van der Waals surface area contributed by atoms with E-state index < -0.39 is 0 Å². The minimum atomic E-state index is 0.466. The van der Waals surface area contributed by atoms with Crippen LogP contribution in [0.1, 0.15) is 43.4 Å². The number of halogens is 1. The van der Waals surface area contributed by atoms with Crippen LogP contribution in [-0.4, -0.2) is 37.2 Å². The van der Waals surface area contributed by atoms with E-state index in [1.807, 2.05) is 25.1 Å². The van der Waals surface area contributed by atoms with E-state index in [4.69, 9.17) is 21.1 Å². The van der Waals surface area contributed by atoms with Gasteiger partial charge in [0.05, 0.1) is 11.6 Å². The largest absolute Gasteiger partial charge is 0.490 e. The van der Waals surface area contributed by atoms with Crippen molar-refractivity contribution < 1.29 is 9.47 Å². The van der Waals surface area contributed by atoms with Crippen molar-refractivity contribution in [2.75, 3.05) is 26.2 Å². The van der Waals surface area contributed by atoms with Gasteiger partial charge in [-0.15, -0.1) is 0 Å². The third kappa shape index (κ3) is 6.11. The molecule has 0 radical (unpaired) electrons. The van der Waals surface area contributed by atoms with Gasteiger partial charge in [-0.25, -0.2) is 0 Å². The molecular formula is C24H33ClN2O2. The van der Waals surface area contributed by atoms with Crippen LogP contribution in [0.5, 0.6) is 11.5 Å². The number of hydrogen-bond donors (Lipinski definition) is 1. The number of nitrogens with one attached hydrogen (secondary N) is 1. The Morgan fingerprint density at radius 3 is 2.76 bits per heavy atom. The molecule has 0 amide bonds. The number of likely N-dealkylation sites (N-methyl/N-ethyl adjacent to an activating group) is 1. The quantitative estimate of drug-likeness (QED) is 0.577. The van der Waals surface area contributed by atoms with Crippen LogP contribution >= 0.6 is 11.6 Å². The molecule has 1 saturated heterocycles. The molecule has 1 aliphatic heterocycles. The number of likely N-dealkylation sites (tertiary alicyclic amines) is 1. The Hall–Kier alpha value is -1.75. The maximum atomic E-state index is 6.58. The average Bonchev–Trinajstić information content (AvgIpc) is 3.15. The van der Waals surface area contributed by atoms with Gasteiger partial charge in [0.15, 0.2) is 11.5 Å². The number of ether oxygens (including phenoxy) is 2. The summed E-state index contributed by atoms with van der Waals surface area (Å²) < 4.78 is 11.9. The lowest BCUT2D eigenvalue weighted by Gasteiger charge is -2.23. The van der Waals surface area contributed by atoms with Gasteiger partial charge in [0.1, 0.15) is 6.61 Å². The molecule has 0 spiro atoms. The lowest BCUT2D eigenvalue weighted by molar-refractivity contribution is 0.259. The van der Waals surface area contributed by atoms with Crippen molar-refractivity contribution in [3.8, 4) is 11.5 Å². The van der Waals surface area contributed by atoms with E-state index in [1.54, 1.807) is 0 Å². The van der Waals surface area contributed by atoms with Gasteiger partial charge in [-0.3, -0.25) is 4.90 Å². The zero-order chi connectivity index (χ0) is 20.6. The zero-order valence-corrected chi connectivity index (χ0v) is 18.6. The Morgan fingerprint density at radius 1 is 1.14 bits per heavy atom. The molecule has 0 bridgehead atoms. The van der Waals surface area contributed by atoms with Gasteiger partial charge in [-0.1, -0.05) is 48.4 Å². The molecule has 2 aromatic rings. The molecule has 158 valence electrons. The van der Waals surface area contributed by atoms with E-state index in [9.17, 15) is 0 Å². The Labute approximate surface area is 180 Å². The average molecular weight is 417 g/mol. The first-order chi connectivity index (χ1) is 14.1. The van der Waals surface area contributed by atoms with E-state index in [0.29, 0.717) is 35.8 Å². The van der Waals surface area contributed by atoms with Crippen molar-refractivity contribution in [3.05, 3.63) is 58.1 Å². The van der Waals surface area contributed by atoms with E-state index in [-0.39, 0.29) is 0 Å². The predicted octanol–water partition coefficient (Wildman–Crippen LogP) is 5.20. The number of aryl methyl sites for hydroxylation is 1. The topological polar surface area (TPSA) is 33.7 Å². The normalized spacial score (nSPS) is 16.9. The Morgan fingerprint density at radius 2 is 2.00 bits per heavy atom. The van der Waals surface area contributed by atoms with Crippen molar-refractivity contribution in [2.24, 2.45) is 0 Å². The fourth-order valence-electron chi connectivity index (χ4n) is 4.01. The van der Waals surface area contributed by atoms with Crippen LogP contribution in [0.25, 0.3) is 0 Å². The summed E-state index contributed by atoms with van der Waals surface area (Å²) in [7, 11) is 0. The molecule has 1 atom stereocenters. The van der Waals surface area contributed by atoms with Crippen LogP contribution in [0, 0.1) is 6.92 Å². The molecule has 5 heteroatoms. The molecule has 1 heterocycles. The molecular weight excluding hydrogens is 384 g/mol. The standard InChI is InChI=1S/C24H33ClN2O2/c1-4-27-11-7-10-21(27)16-26-15-20-13-22(25)24(23(14-20)28-5-2)29-17-19-9-6-8-18(3)12-19/h6,8-9,12-14,21,26H,4-5,7,10-11,15-17H2,1-3H3/t21-/m0/s1. The number of rotatable bonds is 10. The highest BCUT2D eigenvalue weighted by Crippen LogP contribution is 2.37. The van der Waals surface area contributed by atoms with Crippen LogP contribution in [-0.2, 0) is 13.2 Å². The molecule has 0 saturated carbocycles. The van der Waals surface area contributed by atoms with Crippen molar-refractivity contribution in [2.45, 2.75) is 52.8 Å². The minimum absolute atomic E-state index is 0.466. The zero-order valence-electron chi connectivity index (χ0n) is 17.8. The van der Waals surface area contributed by atoms with Crippen molar-refractivity contribution in [1.82, 2.24) is 10.2 Å². The second-order valence-corrected chi connectivity index (χ2v) is 8.08. The fourth-order valence-corrected chi connectivity index (χ4v) is 4.30. The fraction of sp³-hybridized carbons (Fsp3) is 0.500. The van der Waals surface area contributed by atoms with Crippen molar-refractivity contribution >= 4 is 11.6 Å². The van der Waals surface area contributed by atoms with Gasteiger partial charge < -0.3 is 14.8 Å². The Kier molecular flexibility index (Phi) is 8.22. The molecule has 1 N–H and O–H groups in total. The van der Waals surface area contributed by atoms with Crippen LogP contribution in [0.3, 0.4) is 0 Å². The van der Waals surface area contributed by atoms with E-state index >= 15 is 0 Å². The molecule has 1 aliphatic rings. The maximum Gasteiger partial charge on any atom is 0.180 e. The van der Waals surface area contributed by atoms with Gasteiger partial charge in [0.2, 0.25) is 0 Å². The van der Waals surface area contributed by atoms with E-state index in [1.165, 1.54) is 24.9 Å². The SMILES string of the molecule is CCOc1cc(CNC[C@@H]2CCCN2CC)cc(Cl)c1OCc1cccc(C)c1. The predicted molar refractivity (Wildman–Crippen MR) is 120 cm³/mol. The van der Waals surface area contributed by atoms with Crippen LogP contribution in [0.2, 0.25) is 5.02 Å². The second-order valence-electron chi connectivity index (χ2n) is 7.67. The summed E-state index contributed by atoms with van der Waals surface area (Å²) in [4.78, 5) is 2.55. The molecule has 3 rings (SSSR count). The van der Waals surface area contributed by atoms with Crippen LogP contribution in [0.4, 0.5) is 0 Å². The van der Waals surface area contributed by atoms with Gasteiger partial charge in [0.25, 0.3) is 0 Å². The van der Waals surface area contributed by atoms with E-state index in [0.717, 1.165) is 30.8 Å². The summed E-state index contributed by atoms with van der Waals surface area (Å²) in [6.07, 6.45) is 2.57. The molecule has 4 nitrogen and oxygen atoms in total. The first-order valence-electron chi connectivity index (χ1n) is 10.7. The minimum Gasteiger partial charge on any atom is -0.490 e. The highest BCUT2D eigenvalue weighted by molar-refractivity contribution is 6.32. The molecule has 2 aromatic carbocycles. The summed E-state index contributed by atoms with van der Waals surface area (Å²) >= 11 is 6.58. The first kappa shape index (κ1) is 21.9. The summed E-state index contributed by atoms with van der Waals surface area (Å²) in [5.74, 6) is 1.33. The Bertz CT molecular complexity index is 796. The smallest absolute Gasteiger partial charge is 0.180 e. The molecule has 0 aliphatic carbocycles. The molecule has 1 fully saturated rings. The highest BCUT2D eigenvalue weighted by Gasteiger charge is 2.22. The summed E-state index contributed by atoms with van der Waals surface area (Å²) in [5.41, 5.74) is 3.45. The van der Waals surface area contributed by atoms with Gasteiger partial charge >= 0.3 is 0 Å². The van der Waals surface area contributed by atoms with Gasteiger partial charge in [0, 0.05) is 19.1 Å². The van der Waals surface area contributed by atoms with E-state index in [2.05, 4.69) is 42.3 Å². The third-order valence-electron chi connectivity index (χ3n) is 5.45. The summed E-state index contributed by atoms with van der Waals surface area (Å²) in [6.45, 7) is 11.4. The lowest BCUT2D eigenvalue weighted by Crippen LogP contribution is -2.37. The van der Waals surface area contributed by atoms with Crippen molar-refractivity contribution in [1.29, 1.82) is 0 Å². The number of nitrogens with zero attached hydrogens (tertiary/aromatic N) is 1. The summed E-state index contributed by atoms with van der Waals surface area (Å²) in [6, 6.07) is 13.0. The monoisotopic (exact) mass is 416 g/mol. The first-order valence-corrected chi connectivity index (χ1v) is 11.1. The number of benzene rings is 2. The highest BCUT2D eigenvalue weighted by atomic mass is 35.5. The Balaban J connectivity index is 1.64. The molecule has 29 heavy (non-hydrogen) atoms. The second kappa shape index (κ2) is 10.9. The van der Waals surface area contributed by atoms with Crippen LogP contribution < -0.4 is 14.8 Å². The number of hydrogen-bond acceptors (Lipinski definition) is 4. The van der Waals surface area contributed by atoms with Gasteiger partial charge in [-0.2, -0.15) is 0 Å². The summed E-state index contributed by atoms with van der Waals surface area (Å²) in [5, 5.41) is 4.19. The third-order valence-corrected chi connectivity index (χ3v) is 5.73. The molecule has 0 aromatic heterocycles.